The van der Waals surface area contributed by atoms with Crippen LogP contribution >= 0.6 is 0 Å². The van der Waals surface area contributed by atoms with E-state index in [0.717, 1.165) is 11.3 Å². The molecule has 0 aromatic heterocycles. The molecular weight excluding hydrogens is 356 g/mol. The van der Waals surface area contributed by atoms with Crippen molar-refractivity contribution in [2.24, 2.45) is 5.92 Å². The first-order valence-corrected chi connectivity index (χ1v) is 12.5. The Balaban J connectivity index is 2.79. The molecule has 0 saturated heterocycles. The fourth-order valence-corrected chi connectivity index (χ4v) is 3.63. The number of rotatable bonds is 11. The largest absolute Gasteiger partial charge is 0.497 e. The second-order valence-corrected chi connectivity index (χ2v) is 13.4. The molecule has 1 aromatic carbocycles. The summed E-state index contributed by atoms with van der Waals surface area (Å²) >= 11 is 0. The molecule has 27 heavy (non-hydrogen) atoms. The van der Waals surface area contributed by atoms with Crippen molar-refractivity contribution in [1.29, 1.82) is 0 Å². The highest BCUT2D eigenvalue weighted by molar-refractivity contribution is 6.74. The Labute approximate surface area is 167 Å². The lowest BCUT2D eigenvalue weighted by Crippen LogP contribution is -2.44. The van der Waals surface area contributed by atoms with Gasteiger partial charge in [-0.15, -0.1) is 6.58 Å². The highest BCUT2D eigenvalue weighted by atomic mass is 28.4. The van der Waals surface area contributed by atoms with Crippen LogP contribution in [0.25, 0.3) is 0 Å². The predicted molar refractivity (Wildman–Crippen MR) is 115 cm³/mol. The zero-order chi connectivity index (χ0) is 20.7. The molecular formula is C22H38O4Si. The molecule has 0 unspecified atom stereocenters. The van der Waals surface area contributed by atoms with Gasteiger partial charge < -0.3 is 18.6 Å². The molecule has 154 valence electrons. The topological polar surface area (TPSA) is 36.9 Å². The van der Waals surface area contributed by atoms with Crippen molar-refractivity contribution in [3.63, 3.8) is 0 Å². The highest BCUT2D eigenvalue weighted by Gasteiger charge is 2.38. The lowest BCUT2D eigenvalue weighted by molar-refractivity contribution is -0.0776. The maximum Gasteiger partial charge on any atom is 0.191 e. The van der Waals surface area contributed by atoms with E-state index in [2.05, 4.69) is 47.4 Å². The Bertz CT molecular complexity index is 563. The Morgan fingerprint density at radius 1 is 1.11 bits per heavy atom. The van der Waals surface area contributed by atoms with Crippen LogP contribution in [0.3, 0.4) is 0 Å². The zero-order valence-electron chi connectivity index (χ0n) is 18.4. The van der Waals surface area contributed by atoms with Crippen molar-refractivity contribution in [3.8, 4) is 5.75 Å². The standard InChI is InChI=1S/C22H38O4Si/c1-10-20(24-7)21(17(2)15-26-27(8,9)22(3,4)5)25-16-18-11-13-19(23-6)14-12-18/h10-14,17,20-21H,1,15-16H2,2-9H3/t17-,20+,21+/m1/s1. The van der Waals surface area contributed by atoms with Gasteiger partial charge in [0.05, 0.1) is 19.8 Å². The van der Waals surface area contributed by atoms with Gasteiger partial charge in [0.25, 0.3) is 0 Å². The van der Waals surface area contributed by atoms with Crippen molar-refractivity contribution in [2.45, 2.75) is 64.6 Å². The molecule has 1 aromatic rings. The Morgan fingerprint density at radius 3 is 2.15 bits per heavy atom. The van der Waals surface area contributed by atoms with Gasteiger partial charge in [-0.1, -0.05) is 45.9 Å². The van der Waals surface area contributed by atoms with E-state index in [9.17, 15) is 0 Å². The normalized spacial score (nSPS) is 15.9. The summed E-state index contributed by atoms with van der Waals surface area (Å²) < 4.78 is 23.5. The van der Waals surface area contributed by atoms with Crippen molar-refractivity contribution >= 4 is 8.32 Å². The average Bonchev–Trinajstić information content (AvgIpc) is 2.62. The molecule has 0 amide bonds. The molecule has 0 aliphatic carbocycles. The van der Waals surface area contributed by atoms with Crippen molar-refractivity contribution in [1.82, 2.24) is 0 Å². The Kier molecular flexibility index (Phi) is 9.22. The van der Waals surface area contributed by atoms with E-state index in [0.29, 0.717) is 13.2 Å². The lowest BCUT2D eigenvalue weighted by Gasteiger charge is -2.38. The van der Waals surface area contributed by atoms with Crippen LogP contribution in [0.2, 0.25) is 18.1 Å². The summed E-state index contributed by atoms with van der Waals surface area (Å²) in [5.41, 5.74) is 1.09. The summed E-state index contributed by atoms with van der Waals surface area (Å²) in [6, 6.07) is 7.92. The van der Waals surface area contributed by atoms with Crippen LogP contribution in [0.4, 0.5) is 0 Å². The molecule has 0 heterocycles. The minimum Gasteiger partial charge on any atom is -0.497 e. The molecule has 1 rings (SSSR count). The number of methoxy groups -OCH3 is 2. The maximum atomic E-state index is 6.41. The molecule has 0 aliphatic rings. The number of benzene rings is 1. The monoisotopic (exact) mass is 394 g/mol. The van der Waals surface area contributed by atoms with Gasteiger partial charge in [-0.2, -0.15) is 0 Å². The Morgan fingerprint density at radius 2 is 1.70 bits per heavy atom. The summed E-state index contributed by atoms with van der Waals surface area (Å²) in [7, 11) is 1.56. The van der Waals surface area contributed by atoms with E-state index in [-0.39, 0.29) is 23.2 Å². The van der Waals surface area contributed by atoms with Crippen LogP contribution in [-0.2, 0) is 20.5 Å². The van der Waals surface area contributed by atoms with Crippen molar-refractivity contribution in [2.75, 3.05) is 20.8 Å². The van der Waals surface area contributed by atoms with Gasteiger partial charge in [-0.05, 0) is 35.8 Å². The van der Waals surface area contributed by atoms with E-state index >= 15 is 0 Å². The van der Waals surface area contributed by atoms with Gasteiger partial charge in [0.15, 0.2) is 8.32 Å². The van der Waals surface area contributed by atoms with Crippen LogP contribution < -0.4 is 4.74 Å². The quantitative estimate of drug-likeness (QED) is 0.370. The zero-order valence-corrected chi connectivity index (χ0v) is 19.4. The molecule has 4 nitrogen and oxygen atoms in total. The fraction of sp³-hybridized carbons (Fsp3) is 0.636. The van der Waals surface area contributed by atoms with Gasteiger partial charge in [0, 0.05) is 19.6 Å². The van der Waals surface area contributed by atoms with E-state index < -0.39 is 8.32 Å². The van der Waals surface area contributed by atoms with Crippen molar-refractivity contribution in [3.05, 3.63) is 42.5 Å². The summed E-state index contributed by atoms with van der Waals surface area (Å²) in [6.45, 7) is 18.5. The first-order valence-electron chi connectivity index (χ1n) is 9.59. The SMILES string of the molecule is C=C[C@H](OC)[C@@H](OCc1ccc(OC)cc1)[C@H](C)CO[Si](C)(C)C(C)(C)C. The van der Waals surface area contributed by atoms with E-state index in [1.165, 1.54) is 0 Å². The third-order valence-electron chi connectivity index (χ3n) is 5.50. The Hall–Kier alpha value is -1.14. The average molecular weight is 395 g/mol. The third-order valence-corrected chi connectivity index (χ3v) is 10.0. The van der Waals surface area contributed by atoms with Crippen LogP contribution in [0.15, 0.2) is 36.9 Å². The van der Waals surface area contributed by atoms with Gasteiger partial charge in [-0.3, -0.25) is 0 Å². The summed E-state index contributed by atoms with van der Waals surface area (Å²) in [4.78, 5) is 0. The summed E-state index contributed by atoms with van der Waals surface area (Å²) in [6.07, 6.45) is 1.50. The fourth-order valence-electron chi connectivity index (χ4n) is 2.51. The minimum absolute atomic E-state index is 0.126. The number of hydrogen-bond acceptors (Lipinski definition) is 4. The molecule has 5 heteroatoms. The van der Waals surface area contributed by atoms with E-state index in [1.807, 2.05) is 30.3 Å². The maximum absolute atomic E-state index is 6.41. The molecule has 0 aliphatic heterocycles. The first kappa shape index (κ1) is 23.9. The molecule has 0 spiro atoms. The van der Waals surface area contributed by atoms with E-state index in [1.54, 1.807) is 14.2 Å². The third kappa shape index (κ3) is 7.07. The van der Waals surface area contributed by atoms with Crippen molar-refractivity contribution < 1.29 is 18.6 Å². The molecule has 0 radical (unpaired) electrons. The second-order valence-electron chi connectivity index (χ2n) is 8.61. The van der Waals surface area contributed by atoms with Gasteiger partial charge >= 0.3 is 0 Å². The van der Waals surface area contributed by atoms with Gasteiger partial charge in [0.1, 0.15) is 11.9 Å². The molecule has 3 atom stereocenters. The summed E-state index contributed by atoms with van der Waals surface area (Å²) in [5, 5.41) is 0.186. The second kappa shape index (κ2) is 10.4. The summed E-state index contributed by atoms with van der Waals surface area (Å²) in [5.74, 6) is 1.02. The van der Waals surface area contributed by atoms with Gasteiger partial charge in [0.2, 0.25) is 0 Å². The molecule has 0 saturated carbocycles. The first-order chi connectivity index (χ1) is 12.6. The minimum atomic E-state index is -1.80. The highest BCUT2D eigenvalue weighted by Crippen LogP contribution is 2.37. The van der Waals surface area contributed by atoms with E-state index in [4.69, 9.17) is 18.6 Å². The molecule has 0 fully saturated rings. The number of ether oxygens (including phenoxy) is 3. The van der Waals surface area contributed by atoms with Crippen LogP contribution in [-0.4, -0.2) is 41.4 Å². The van der Waals surface area contributed by atoms with Crippen LogP contribution in [0, 0.1) is 5.92 Å². The lowest BCUT2D eigenvalue weighted by atomic mass is 10.00. The molecule has 0 N–H and O–H groups in total. The predicted octanol–water partition coefficient (Wildman–Crippen LogP) is 5.44. The molecule has 0 bridgehead atoms. The van der Waals surface area contributed by atoms with Crippen LogP contribution in [0.5, 0.6) is 5.75 Å². The van der Waals surface area contributed by atoms with Crippen LogP contribution in [0.1, 0.15) is 33.3 Å². The smallest absolute Gasteiger partial charge is 0.191 e. The number of hydrogen-bond donors (Lipinski definition) is 0. The van der Waals surface area contributed by atoms with Gasteiger partial charge in [-0.25, -0.2) is 0 Å².